The van der Waals surface area contributed by atoms with Crippen molar-refractivity contribution in [3.63, 3.8) is 0 Å². The third kappa shape index (κ3) is 8.85. The summed E-state index contributed by atoms with van der Waals surface area (Å²) in [5.41, 5.74) is 7.00. The van der Waals surface area contributed by atoms with Crippen molar-refractivity contribution < 1.29 is 14.4 Å². The van der Waals surface area contributed by atoms with Gasteiger partial charge in [0.15, 0.2) is 0 Å². The highest BCUT2D eigenvalue weighted by molar-refractivity contribution is 6.02. The van der Waals surface area contributed by atoms with Gasteiger partial charge in [0.05, 0.1) is 0 Å². The molecule has 3 aliphatic rings. The Labute approximate surface area is 261 Å². The van der Waals surface area contributed by atoms with E-state index in [1.54, 1.807) is 18.2 Å². The number of hydrogen-bond donors (Lipinski definition) is 2. The predicted octanol–water partition coefficient (Wildman–Crippen LogP) is 8.59. The molecule has 4 rings (SSSR count). The molecule has 0 aromatic heterocycles. The van der Waals surface area contributed by atoms with Crippen LogP contribution in [0.2, 0.25) is 0 Å². The number of nitrogens with zero attached hydrogens (tertiary/aromatic N) is 1. The van der Waals surface area contributed by atoms with Crippen LogP contribution in [0, 0.1) is 35.5 Å². The first kappa shape index (κ1) is 33.5. The molecular formula is C37H59N3O3. The Bertz CT molecular complexity index is 1050. The van der Waals surface area contributed by atoms with Gasteiger partial charge in [-0.15, -0.1) is 0 Å². The Morgan fingerprint density at radius 3 is 1.74 bits per heavy atom. The average Bonchev–Trinajstić information content (AvgIpc) is 3.00. The smallest absolute Gasteiger partial charge is 0.254 e. The van der Waals surface area contributed by atoms with Crippen LogP contribution in [0.5, 0.6) is 0 Å². The van der Waals surface area contributed by atoms with Crippen LogP contribution in [0.3, 0.4) is 0 Å². The van der Waals surface area contributed by atoms with Gasteiger partial charge in [-0.25, -0.2) is 0 Å². The second kappa shape index (κ2) is 15.6. The predicted molar refractivity (Wildman–Crippen MR) is 176 cm³/mol. The van der Waals surface area contributed by atoms with Crippen LogP contribution in [-0.2, 0) is 4.79 Å². The van der Waals surface area contributed by atoms with Crippen LogP contribution in [0.25, 0.3) is 0 Å². The molecular weight excluding hydrogens is 534 g/mol. The molecule has 1 aromatic rings. The highest BCUT2D eigenvalue weighted by Gasteiger charge is 2.37. The molecule has 3 fully saturated rings. The van der Waals surface area contributed by atoms with E-state index in [9.17, 15) is 14.4 Å². The van der Waals surface area contributed by atoms with E-state index >= 15 is 0 Å². The number of anilines is 1. The second-order valence-corrected chi connectivity index (χ2v) is 14.9. The van der Waals surface area contributed by atoms with Crippen molar-refractivity contribution in [3.8, 4) is 0 Å². The fourth-order valence-electron chi connectivity index (χ4n) is 8.29. The van der Waals surface area contributed by atoms with E-state index < -0.39 is 5.91 Å². The first-order valence-corrected chi connectivity index (χ1v) is 17.7. The maximum atomic E-state index is 14.5. The normalized spacial score (nSPS) is 28.1. The van der Waals surface area contributed by atoms with Crippen molar-refractivity contribution in [3.05, 3.63) is 29.3 Å². The molecule has 0 saturated heterocycles. The lowest BCUT2D eigenvalue weighted by atomic mass is 9.76. The summed E-state index contributed by atoms with van der Waals surface area (Å²) in [6.45, 7) is 11.5. The number of carbonyl (C=O) groups is 3. The van der Waals surface area contributed by atoms with Crippen molar-refractivity contribution in [2.45, 2.75) is 143 Å². The second-order valence-electron chi connectivity index (χ2n) is 14.9. The zero-order valence-corrected chi connectivity index (χ0v) is 27.7. The first-order chi connectivity index (χ1) is 20.6. The quantitative estimate of drug-likeness (QED) is 0.269. The van der Waals surface area contributed by atoms with E-state index in [0.717, 1.165) is 83.0 Å². The van der Waals surface area contributed by atoms with E-state index in [1.165, 1.54) is 19.3 Å². The van der Waals surface area contributed by atoms with Crippen molar-refractivity contribution in [2.24, 2.45) is 41.2 Å². The molecule has 0 heterocycles. The Morgan fingerprint density at radius 1 is 0.767 bits per heavy atom. The molecule has 6 heteroatoms. The van der Waals surface area contributed by atoms with Crippen LogP contribution in [0.15, 0.2) is 18.2 Å². The zero-order valence-electron chi connectivity index (χ0n) is 27.7. The highest BCUT2D eigenvalue weighted by Crippen LogP contribution is 2.39. The lowest BCUT2D eigenvalue weighted by molar-refractivity contribution is -0.121. The van der Waals surface area contributed by atoms with E-state index in [1.807, 2.05) is 0 Å². The van der Waals surface area contributed by atoms with Gasteiger partial charge in [0.25, 0.3) is 5.91 Å². The van der Waals surface area contributed by atoms with E-state index in [2.05, 4.69) is 44.8 Å². The van der Waals surface area contributed by atoms with Gasteiger partial charge in [-0.2, -0.15) is 0 Å². The highest BCUT2D eigenvalue weighted by atomic mass is 16.2. The summed E-state index contributed by atoms with van der Waals surface area (Å²) in [5, 5.41) is 3.08. The van der Waals surface area contributed by atoms with Crippen molar-refractivity contribution >= 4 is 23.4 Å². The van der Waals surface area contributed by atoms with E-state index in [0.29, 0.717) is 34.9 Å². The summed E-state index contributed by atoms with van der Waals surface area (Å²) in [6, 6.07) is 5.48. The number of amides is 3. The fourth-order valence-corrected chi connectivity index (χ4v) is 8.29. The van der Waals surface area contributed by atoms with Crippen molar-refractivity contribution in [1.29, 1.82) is 0 Å². The number of nitrogens with two attached hydrogens (primary N) is 1. The summed E-state index contributed by atoms with van der Waals surface area (Å²) >= 11 is 0. The van der Waals surface area contributed by atoms with Gasteiger partial charge in [0.1, 0.15) is 0 Å². The lowest BCUT2D eigenvalue weighted by Gasteiger charge is -2.45. The van der Waals surface area contributed by atoms with Crippen LogP contribution < -0.4 is 11.1 Å². The van der Waals surface area contributed by atoms with Gasteiger partial charge in [-0.05, 0) is 125 Å². The molecule has 43 heavy (non-hydrogen) atoms. The van der Waals surface area contributed by atoms with Gasteiger partial charge in [0, 0.05) is 34.8 Å². The van der Waals surface area contributed by atoms with E-state index in [-0.39, 0.29) is 35.4 Å². The largest absolute Gasteiger partial charge is 0.366 e. The van der Waals surface area contributed by atoms with Gasteiger partial charge >= 0.3 is 0 Å². The van der Waals surface area contributed by atoms with Crippen LogP contribution in [-0.4, -0.2) is 34.7 Å². The van der Waals surface area contributed by atoms with E-state index in [4.69, 9.17) is 5.73 Å². The van der Waals surface area contributed by atoms with Crippen LogP contribution >= 0.6 is 0 Å². The number of carbonyl (C=O) groups excluding carboxylic acids is 3. The van der Waals surface area contributed by atoms with Crippen molar-refractivity contribution in [1.82, 2.24) is 4.90 Å². The average molecular weight is 594 g/mol. The first-order valence-electron chi connectivity index (χ1n) is 17.7. The molecule has 240 valence electrons. The number of primary amides is 1. The minimum atomic E-state index is -0.581. The number of rotatable bonds is 11. The van der Waals surface area contributed by atoms with Gasteiger partial charge in [-0.1, -0.05) is 53.9 Å². The zero-order chi connectivity index (χ0) is 31.1. The Morgan fingerprint density at radius 2 is 1.28 bits per heavy atom. The maximum Gasteiger partial charge on any atom is 0.254 e. The number of unbranched alkanes of at least 4 members (excludes halogenated alkanes) is 1. The summed E-state index contributed by atoms with van der Waals surface area (Å²) in [5.74, 6) is 2.84. The van der Waals surface area contributed by atoms with Crippen LogP contribution in [0.4, 0.5) is 5.69 Å². The summed E-state index contributed by atoms with van der Waals surface area (Å²) < 4.78 is 0. The molecule has 3 aliphatic carbocycles. The Balaban J connectivity index is 1.53. The molecule has 6 nitrogen and oxygen atoms in total. The standard InChI is InChI=1S/C37H59N3O3/c1-6-7-8-26-9-11-29(12-10-26)36(42)39-32-22-30(35(38)41)21-31(23-32)37(43)40(33-17-13-27(14-18-33)24(2)3)34-19-15-28(16-20-34)25(4)5/h21-29,33-34H,6-20H2,1-5H3,(H2,38,41)(H,39,42)/t26-,27-,28-,29+,33+,34+. The Hall–Kier alpha value is -2.37. The molecule has 0 atom stereocenters. The van der Waals surface area contributed by atoms with Gasteiger partial charge in [-0.3, -0.25) is 14.4 Å². The summed E-state index contributed by atoms with van der Waals surface area (Å²) in [7, 11) is 0. The van der Waals surface area contributed by atoms with Gasteiger partial charge in [0.2, 0.25) is 11.8 Å². The Kier molecular flexibility index (Phi) is 12.1. The molecule has 3 N–H and O–H groups in total. The topological polar surface area (TPSA) is 92.5 Å². The molecule has 3 amide bonds. The monoisotopic (exact) mass is 593 g/mol. The third-order valence-electron chi connectivity index (χ3n) is 11.3. The minimum Gasteiger partial charge on any atom is -0.366 e. The summed E-state index contributed by atoms with van der Waals surface area (Å²) in [4.78, 5) is 42.4. The maximum absolute atomic E-state index is 14.5. The fraction of sp³-hybridized carbons (Fsp3) is 0.757. The molecule has 3 saturated carbocycles. The lowest BCUT2D eigenvalue weighted by Crippen LogP contribution is -2.50. The molecule has 0 bridgehead atoms. The third-order valence-corrected chi connectivity index (χ3v) is 11.3. The number of hydrogen-bond acceptors (Lipinski definition) is 3. The number of nitrogens with one attached hydrogen (secondary N) is 1. The van der Waals surface area contributed by atoms with Gasteiger partial charge < -0.3 is 16.0 Å². The minimum absolute atomic E-state index is 0.00941. The number of benzene rings is 1. The molecule has 0 unspecified atom stereocenters. The molecule has 0 spiro atoms. The molecule has 0 radical (unpaired) electrons. The van der Waals surface area contributed by atoms with Crippen LogP contribution in [0.1, 0.15) is 152 Å². The summed E-state index contributed by atoms with van der Waals surface area (Å²) in [6.07, 6.45) is 16.4. The van der Waals surface area contributed by atoms with Crippen molar-refractivity contribution in [2.75, 3.05) is 5.32 Å². The molecule has 1 aromatic carbocycles. The SMILES string of the molecule is CCCC[C@H]1CC[C@@H](C(=O)Nc2cc(C(N)=O)cc(C(=O)N([C@H]3CC[C@@H](C(C)C)CC3)[C@H]3CC[C@@H](C(C)C)CC3)c2)CC1. The molecule has 0 aliphatic heterocycles.